The molecule has 1 aromatic heterocycles. The van der Waals surface area contributed by atoms with Gasteiger partial charge in [0.1, 0.15) is 12.9 Å². The van der Waals surface area contributed by atoms with Crippen molar-refractivity contribution in [2.24, 2.45) is 0 Å². The zero-order valence-corrected chi connectivity index (χ0v) is 11.9. The van der Waals surface area contributed by atoms with Crippen molar-refractivity contribution in [2.75, 3.05) is 6.54 Å². The Morgan fingerprint density at radius 1 is 1.40 bits per heavy atom. The fraction of sp³-hybridized carbons (Fsp3) is 0.846. The molecule has 0 spiro atoms. The van der Waals surface area contributed by atoms with Gasteiger partial charge in [-0.1, -0.05) is 6.92 Å². The van der Waals surface area contributed by atoms with Crippen LogP contribution in [0.2, 0.25) is 0 Å². The Hall–Kier alpha value is -1.50. The van der Waals surface area contributed by atoms with Gasteiger partial charge >= 0.3 is 0 Å². The lowest BCUT2D eigenvalue weighted by Crippen LogP contribution is -2.51. The Morgan fingerprint density at radius 3 is 2.75 bits per heavy atom. The first kappa shape index (κ1) is 13.5. The molecular formula is C13H22N6O. The number of carbonyl (C=O) groups is 1. The number of carbonyl (C=O) groups excluding carboxylic acids is 1. The third kappa shape index (κ3) is 2.82. The summed E-state index contributed by atoms with van der Waals surface area (Å²) in [6.45, 7) is 3.18. The summed E-state index contributed by atoms with van der Waals surface area (Å²) in [4.78, 5) is 14.6. The second-order valence-corrected chi connectivity index (χ2v) is 5.86. The van der Waals surface area contributed by atoms with Crippen LogP contribution in [0.15, 0.2) is 6.33 Å². The van der Waals surface area contributed by atoms with Crippen LogP contribution in [0.5, 0.6) is 0 Å². The van der Waals surface area contributed by atoms with Gasteiger partial charge in [-0.25, -0.2) is 4.68 Å². The molecule has 2 aliphatic heterocycles. The minimum absolute atomic E-state index is 0.130. The summed E-state index contributed by atoms with van der Waals surface area (Å²) in [5, 5.41) is 14.6. The Labute approximate surface area is 118 Å². The summed E-state index contributed by atoms with van der Waals surface area (Å²) in [6.07, 6.45) is 7.15. The first-order valence-corrected chi connectivity index (χ1v) is 7.52. The molecule has 0 radical (unpaired) electrons. The minimum Gasteiger partial charge on any atom is -0.338 e. The van der Waals surface area contributed by atoms with Crippen LogP contribution in [0, 0.1) is 0 Å². The van der Waals surface area contributed by atoms with Gasteiger partial charge in [0.05, 0.1) is 0 Å². The Balaban J connectivity index is 1.66. The first-order valence-electron chi connectivity index (χ1n) is 7.52. The van der Waals surface area contributed by atoms with Crippen molar-refractivity contribution in [3.63, 3.8) is 0 Å². The van der Waals surface area contributed by atoms with Crippen LogP contribution in [0.25, 0.3) is 0 Å². The summed E-state index contributed by atoms with van der Waals surface area (Å²) in [6, 6.07) is 1.57. The molecule has 2 unspecified atom stereocenters. The van der Waals surface area contributed by atoms with Crippen molar-refractivity contribution >= 4 is 5.91 Å². The van der Waals surface area contributed by atoms with Gasteiger partial charge in [0.2, 0.25) is 5.91 Å². The van der Waals surface area contributed by atoms with Crippen LogP contribution in [-0.2, 0) is 11.3 Å². The number of aromatic nitrogens is 4. The van der Waals surface area contributed by atoms with Gasteiger partial charge in [-0.2, -0.15) is 0 Å². The summed E-state index contributed by atoms with van der Waals surface area (Å²) in [5.74, 6) is 0.130. The maximum atomic E-state index is 12.5. The van der Waals surface area contributed by atoms with E-state index in [0.29, 0.717) is 18.1 Å². The van der Waals surface area contributed by atoms with Crippen molar-refractivity contribution in [3.8, 4) is 0 Å². The third-order valence-corrected chi connectivity index (χ3v) is 4.36. The van der Waals surface area contributed by atoms with Crippen LogP contribution >= 0.6 is 0 Å². The van der Waals surface area contributed by atoms with Crippen LogP contribution in [0.1, 0.15) is 39.0 Å². The molecule has 7 nitrogen and oxygen atoms in total. The molecule has 110 valence electrons. The normalized spacial score (nSPS) is 28.6. The van der Waals surface area contributed by atoms with Crippen molar-refractivity contribution in [1.29, 1.82) is 0 Å². The molecule has 20 heavy (non-hydrogen) atoms. The smallest absolute Gasteiger partial charge is 0.244 e. The molecule has 7 heteroatoms. The highest BCUT2D eigenvalue weighted by Gasteiger charge is 2.37. The second-order valence-electron chi connectivity index (χ2n) is 5.86. The second kappa shape index (κ2) is 5.87. The van der Waals surface area contributed by atoms with E-state index < -0.39 is 0 Å². The molecule has 2 bridgehead atoms. The Morgan fingerprint density at radius 2 is 2.15 bits per heavy atom. The molecular weight excluding hydrogens is 256 g/mol. The maximum Gasteiger partial charge on any atom is 0.244 e. The number of nitrogens with one attached hydrogen (secondary N) is 1. The van der Waals surface area contributed by atoms with E-state index in [4.69, 9.17) is 0 Å². The topological polar surface area (TPSA) is 75.9 Å². The fourth-order valence-corrected chi connectivity index (χ4v) is 3.52. The SMILES string of the molecule is CCCN(C(=O)Cn1cnnn1)C1CC2CCC(C1)N2. The predicted molar refractivity (Wildman–Crippen MR) is 72.8 cm³/mol. The van der Waals surface area contributed by atoms with Gasteiger partial charge in [0.15, 0.2) is 0 Å². The highest BCUT2D eigenvalue weighted by molar-refractivity contribution is 5.76. The van der Waals surface area contributed by atoms with E-state index in [1.54, 1.807) is 0 Å². The van der Waals surface area contributed by atoms with Gasteiger partial charge < -0.3 is 10.2 Å². The van der Waals surface area contributed by atoms with Gasteiger partial charge in [-0.15, -0.1) is 5.10 Å². The lowest BCUT2D eigenvalue weighted by Gasteiger charge is -2.37. The van der Waals surface area contributed by atoms with Crippen LogP contribution in [0.4, 0.5) is 0 Å². The summed E-state index contributed by atoms with van der Waals surface area (Å²) in [5.41, 5.74) is 0. The average molecular weight is 278 g/mol. The van der Waals surface area contributed by atoms with Crippen molar-refractivity contribution in [1.82, 2.24) is 30.4 Å². The maximum absolute atomic E-state index is 12.5. The lowest BCUT2D eigenvalue weighted by atomic mass is 9.98. The fourth-order valence-electron chi connectivity index (χ4n) is 3.52. The molecule has 2 fully saturated rings. The Bertz CT molecular complexity index is 436. The van der Waals surface area contributed by atoms with E-state index in [1.165, 1.54) is 23.9 Å². The highest BCUT2D eigenvalue weighted by atomic mass is 16.2. The van der Waals surface area contributed by atoms with Crippen LogP contribution in [-0.4, -0.2) is 55.7 Å². The molecule has 1 aromatic rings. The number of tetrazole rings is 1. The molecule has 0 aromatic carbocycles. The standard InChI is InChI=1S/C13H22N6O/c1-2-5-19(13(20)8-18-9-14-16-17-18)12-6-10-3-4-11(7-12)15-10/h9-12,15H,2-8H2,1H3. The molecule has 2 aliphatic rings. The van der Waals surface area contributed by atoms with Crippen LogP contribution < -0.4 is 5.32 Å². The molecule has 1 N–H and O–H groups in total. The molecule has 0 saturated carbocycles. The predicted octanol–water partition coefficient (Wildman–Crippen LogP) is 0.195. The van der Waals surface area contributed by atoms with Gasteiger partial charge in [-0.3, -0.25) is 4.79 Å². The molecule has 3 heterocycles. The van der Waals surface area contributed by atoms with Crippen LogP contribution in [0.3, 0.4) is 0 Å². The number of hydrogen-bond acceptors (Lipinski definition) is 5. The zero-order chi connectivity index (χ0) is 13.9. The van der Waals surface area contributed by atoms with E-state index in [1.807, 2.05) is 4.90 Å². The Kier molecular flexibility index (Phi) is 3.95. The van der Waals surface area contributed by atoms with E-state index in [0.717, 1.165) is 25.8 Å². The van der Waals surface area contributed by atoms with E-state index in [-0.39, 0.29) is 12.5 Å². The van der Waals surface area contributed by atoms with E-state index in [9.17, 15) is 4.79 Å². The highest BCUT2D eigenvalue weighted by Crippen LogP contribution is 2.30. The summed E-state index contributed by atoms with van der Waals surface area (Å²) < 4.78 is 1.50. The number of hydrogen-bond donors (Lipinski definition) is 1. The van der Waals surface area contributed by atoms with Gasteiger partial charge in [0, 0.05) is 24.7 Å². The van der Waals surface area contributed by atoms with Crippen molar-refractivity contribution in [3.05, 3.63) is 6.33 Å². The zero-order valence-electron chi connectivity index (χ0n) is 11.9. The monoisotopic (exact) mass is 278 g/mol. The minimum atomic E-state index is 0.130. The number of amides is 1. The quantitative estimate of drug-likeness (QED) is 0.832. The number of piperidine rings is 1. The van der Waals surface area contributed by atoms with E-state index in [2.05, 4.69) is 27.8 Å². The number of rotatable bonds is 5. The van der Waals surface area contributed by atoms with Gasteiger partial charge in [-0.05, 0) is 42.5 Å². The van der Waals surface area contributed by atoms with Gasteiger partial charge in [0.25, 0.3) is 0 Å². The third-order valence-electron chi connectivity index (χ3n) is 4.36. The van der Waals surface area contributed by atoms with E-state index >= 15 is 0 Å². The number of fused-ring (bicyclic) bond motifs is 2. The first-order chi connectivity index (χ1) is 9.76. The molecule has 1 amide bonds. The summed E-state index contributed by atoms with van der Waals surface area (Å²) >= 11 is 0. The molecule has 3 rings (SSSR count). The largest absolute Gasteiger partial charge is 0.338 e. The molecule has 0 aliphatic carbocycles. The molecule has 2 saturated heterocycles. The number of nitrogens with zero attached hydrogens (tertiary/aromatic N) is 5. The van der Waals surface area contributed by atoms with Crippen molar-refractivity contribution < 1.29 is 4.79 Å². The lowest BCUT2D eigenvalue weighted by molar-refractivity contribution is -0.135. The molecule has 2 atom stereocenters. The summed E-state index contributed by atoms with van der Waals surface area (Å²) in [7, 11) is 0. The average Bonchev–Trinajstić information content (AvgIpc) is 3.05. The van der Waals surface area contributed by atoms with Crippen molar-refractivity contribution in [2.45, 2.75) is 63.7 Å².